The molecule has 1 aromatic rings. The third-order valence-electron chi connectivity index (χ3n) is 3.59. The molecule has 21 heavy (non-hydrogen) atoms. The first kappa shape index (κ1) is 16.3. The molecule has 1 aliphatic rings. The van der Waals surface area contributed by atoms with Gasteiger partial charge >= 0.3 is 0 Å². The molecule has 0 radical (unpaired) electrons. The van der Waals surface area contributed by atoms with Crippen LogP contribution in [0.3, 0.4) is 0 Å². The highest BCUT2D eigenvalue weighted by molar-refractivity contribution is 7.89. The molecule has 1 aliphatic heterocycles. The molecule has 6 heteroatoms. The maximum Gasteiger partial charge on any atom is 0.243 e. The molecule has 0 amide bonds. The van der Waals surface area contributed by atoms with Crippen molar-refractivity contribution in [3.63, 3.8) is 0 Å². The molecule has 1 fully saturated rings. The lowest BCUT2D eigenvalue weighted by Gasteiger charge is -2.36. The van der Waals surface area contributed by atoms with Gasteiger partial charge in [-0.15, -0.1) is 0 Å². The second kappa shape index (κ2) is 6.34. The first-order chi connectivity index (χ1) is 9.86. The Balaban J connectivity index is 2.29. The van der Waals surface area contributed by atoms with Crippen LogP contribution in [0.1, 0.15) is 26.3 Å². The van der Waals surface area contributed by atoms with Crippen molar-refractivity contribution >= 4 is 10.0 Å². The summed E-state index contributed by atoms with van der Waals surface area (Å²) < 4.78 is 32.7. The van der Waals surface area contributed by atoms with Crippen LogP contribution in [0.4, 0.5) is 0 Å². The standard InChI is InChI=1S/C15H24N2O3S/c1-5-17(13-9-16-10-13)21(18,19)14-6-7-15(12(4)8-14)20-11(2)3/h6-8,11,13,16H,5,9-10H2,1-4H3. The van der Waals surface area contributed by atoms with E-state index in [2.05, 4.69) is 5.32 Å². The first-order valence-electron chi connectivity index (χ1n) is 7.36. The number of ether oxygens (including phenoxy) is 1. The van der Waals surface area contributed by atoms with E-state index in [-0.39, 0.29) is 12.1 Å². The SMILES string of the molecule is CCN(C1CNC1)S(=O)(=O)c1ccc(OC(C)C)c(C)c1. The fraction of sp³-hybridized carbons (Fsp3) is 0.600. The largest absolute Gasteiger partial charge is 0.491 e. The van der Waals surface area contributed by atoms with Crippen LogP contribution in [0.25, 0.3) is 0 Å². The summed E-state index contributed by atoms with van der Waals surface area (Å²) in [5.74, 6) is 0.734. The maximum atomic E-state index is 12.7. The van der Waals surface area contributed by atoms with Crippen LogP contribution in [0.5, 0.6) is 5.75 Å². The second-order valence-corrected chi connectivity index (χ2v) is 7.50. The third-order valence-corrected chi connectivity index (χ3v) is 5.62. The Hall–Kier alpha value is -1.11. The van der Waals surface area contributed by atoms with Gasteiger partial charge in [0.1, 0.15) is 5.75 Å². The molecule has 0 aromatic heterocycles. The zero-order valence-electron chi connectivity index (χ0n) is 13.1. The summed E-state index contributed by atoms with van der Waals surface area (Å²) in [5, 5.41) is 3.12. The van der Waals surface area contributed by atoms with E-state index in [1.807, 2.05) is 27.7 Å². The summed E-state index contributed by atoms with van der Waals surface area (Å²) in [5.41, 5.74) is 0.840. The number of rotatable bonds is 6. The summed E-state index contributed by atoms with van der Waals surface area (Å²) in [6, 6.07) is 5.14. The van der Waals surface area contributed by atoms with Gasteiger partial charge in [-0.05, 0) is 44.5 Å². The highest BCUT2D eigenvalue weighted by Gasteiger charge is 2.33. The van der Waals surface area contributed by atoms with Gasteiger partial charge in [-0.1, -0.05) is 6.92 Å². The average Bonchev–Trinajstić information content (AvgIpc) is 2.35. The van der Waals surface area contributed by atoms with Gasteiger partial charge in [0.05, 0.1) is 11.0 Å². The molecule has 0 saturated carbocycles. The van der Waals surface area contributed by atoms with E-state index < -0.39 is 10.0 Å². The number of hydrogen-bond acceptors (Lipinski definition) is 4. The van der Waals surface area contributed by atoms with Crippen LogP contribution >= 0.6 is 0 Å². The Kier molecular flexibility index (Phi) is 4.91. The van der Waals surface area contributed by atoms with Crippen molar-refractivity contribution in [1.82, 2.24) is 9.62 Å². The predicted molar refractivity (Wildman–Crippen MR) is 83.2 cm³/mol. The van der Waals surface area contributed by atoms with Crippen molar-refractivity contribution in [1.29, 1.82) is 0 Å². The van der Waals surface area contributed by atoms with Crippen LogP contribution in [-0.2, 0) is 10.0 Å². The fourth-order valence-electron chi connectivity index (χ4n) is 2.41. The molecule has 1 heterocycles. The van der Waals surface area contributed by atoms with E-state index in [1.165, 1.54) is 0 Å². The lowest BCUT2D eigenvalue weighted by Crippen LogP contribution is -2.58. The van der Waals surface area contributed by atoms with Gasteiger partial charge in [-0.3, -0.25) is 0 Å². The van der Waals surface area contributed by atoms with Gasteiger partial charge < -0.3 is 10.1 Å². The van der Waals surface area contributed by atoms with Crippen LogP contribution in [0.15, 0.2) is 23.1 Å². The second-order valence-electron chi connectivity index (χ2n) is 5.61. The molecule has 118 valence electrons. The molecule has 0 unspecified atom stereocenters. The predicted octanol–water partition coefficient (Wildman–Crippen LogP) is 1.76. The monoisotopic (exact) mass is 312 g/mol. The fourth-order valence-corrected chi connectivity index (χ4v) is 4.12. The molecule has 1 N–H and O–H groups in total. The van der Waals surface area contributed by atoms with Crippen molar-refractivity contribution in [3.05, 3.63) is 23.8 Å². The van der Waals surface area contributed by atoms with E-state index in [0.717, 1.165) is 24.4 Å². The van der Waals surface area contributed by atoms with Gasteiger partial charge in [-0.25, -0.2) is 8.42 Å². The Morgan fingerprint density at radius 3 is 2.48 bits per heavy atom. The van der Waals surface area contributed by atoms with E-state index in [1.54, 1.807) is 22.5 Å². The maximum absolute atomic E-state index is 12.7. The Bertz CT molecular complexity index is 595. The number of nitrogens with one attached hydrogen (secondary N) is 1. The van der Waals surface area contributed by atoms with Gasteiger partial charge in [0.2, 0.25) is 10.0 Å². The highest BCUT2D eigenvalue weighted by atomic mass is 32.2. The summed E-state index contributed by atoms with van der Waals surface area (Å²) in [7, 11) is -3.44. The van der Waals surface area contributed by atoms with Gasteiger partial charge in [0, 0.05) is 25.7 Å². The summed E-state index contributed by atoms with van der Waals surface area (Å²) >= 11 is 0. The summed E-state index contributed by atoms with van der Waals surface area (Å²) in [4.78, 5) is 0.338. The van der Waals surface area contributed by atoms with Crippen LogP contribution in [0.2, 0.25) is 0 Å². The number of benzene rings is 1. The molecule has 1 saturated heterocycles. The van der Waals surface area contributed by atoms with E-state index in [4.69, 9.17) is 4.74 Å². The van der Waals surface area contributed by atoms with Crippen molar-refractivity contribution in [2.75, 3.05) is 19.6 Å². The minimum Gasteiger partial charge on any atom is -0.491 e. The molecule has 0 aliphatic carbocycles. The minimum absolute atomic E-state index is 0.0619. The van der Waals surface area contributed by atoms with Crippen molar-refractivity contribution in [2.24, 2.45) is 0 Å². The molecule has 0 atom stereocenters. The van der Waals surface area contributed by atoms with Gasteiger partial charge in [-0.2, -0.15) is 4.31 Å². The molecule has 0 spiro atoms. The zero-order chi connectivity index (χ0) is 15.6. The average molecular weight is 312 g/mol. The molecule has 1 aromatic carbocycles. The topological polar surface area (TPSA) is 58.6 Å². The molecular weight excluding hydrogens is 288 g/mol. The Labute approximate surface area is 127 Å². The number of aryl methyl sites for hydroxylation is 1. The van der Waals surface area contributed by atoms with Crippen molar-refractivity contribution < 1.29 is 13.2 Å². The zero-order valence-corrected chi connectivity index (χ0v) is 13.9. The quantitative estimate of drug-likeness (QED) is 0.869. The van der Waals surface area contributed by atoms with E-state index in [0.29, 0.717) is 11.4 Å². The Morgan fingerprint density at radius 2 is 2.05 bits per heavy atom. The van der Waals surface area contributed by atoms with Crippen LogP contribution < -0.4 is 10.1 Å². The van der Waals surface area contributed by atoms with Crippen molar-refractivity contribution in [3.8, 4) is 5.75 Å². The molecular formula is C15H24N2O3S. The van der Waals surface area contributed by atoms with Crippen molar-refractivity contribution in [2.45, 2.75) is 44.7 Å². The smallest absolute Gasteiger partial charge is 0.243 e. The van der Waals surface area contributed by atoms with Crippen LogP contribution in [0, 0.1) is 6.92 Å². The minimum atomic E-state index is -3.44. The molecule has 5 nitrogen and oxygen atoms in total. The summed E-state index contributed by atoms with van der Waals surface area (Å²) in [6.07, 6.45) is 0.0688. The third kappa shape index (κ3) is 3.39. The lowest BCUT2D eigenvalue weighted by atomic mass is 10.2. The van der Waals surface area contributed by atoms with E-state index in [9.17, 15) is 8.42 Å². The Morgan fingerprint density at radius 1 is 1.38 bits per heavy atom. The number of sulfonamides is 1. The first-order valence-corrected chi connectivity index (χ1v) is 8.80. The molecule has 2 rings (SSSR count). The van der Waals surface area contributed by atoms with E-state index >= 15 is 0 Å². The number of nitrogens with zero attached hydrogens (tertiary/aromatic N) is 1. The number of hydrogen-bond donors (Lipinski definition) is 1. The normalized spacial score (nSPS) is 16.3. The molecule has 0 bridgehead atoms. The lowest BCUT2D eigenvalue weighted by molar-refractivity contribution is 0.240. The number of likely N-dealkylation sites (N-methyl/N-ethyl adjacent to an activating group) is 1. The van der Waals surface area contributed by atoms with Gasteiger partial charge in [0.15, 0.2) is 0 Å². The highest BCUT2D eigenvalue weighted by Crippen LogP contribution is 2.26. The summed E-state index contributed by atoms with van der Waals surface area (Å²) in [6.45, 7) is 9.58. The van der Waals surface area contributed by atoms with Crippen LogP contribution in [-0.4, -0.2) is 44.5 Å². The van der Waals surface area contributed by atoms with Gasteiger partial charge in [0.25, 0.3) is 0 Å².